The molecule has 8 rings (SSSR count). The van der Waals surface area contributed by atoms with Gasteiger partial charge in [-0.25, -0.2) is 9.48 Å². The van der Waals surface area contributed by atoms with Crippen LogP contribution in [-0.4, -0.2) is 70.4 Å². The number of nitrogens with zero attached hydrogens (tertiary/aromatic N) is 4. The molecule has 0 spiro atoms. The normalized spacial score (nSPS) is 20.3. The summed E-state index contributed by atoms with van der Waals surface area (Å²) < 4.78 is 28.2. The first kappa shape index (κ1) is 41.5. The lowest BCUT2D eigenvalue weighted by atomic mass is 9.91. The molecule has 0 N–H and O–H groups in total. The van der Waals surface area contributed by atoms with Crippen LogP contribution in [0, 0.1) is 0 Å². The summed E-state index contributed by atoms with van der Waals surface area (Å²) in [5.41, 5.74) is 6.35. The number of hydrogen-bond donors (Lipinski definition) is 0. The molecule has 4 atom stereocenters. The Hall–Kier alpha value is -5.26. The molecule has 0 aliphatic carbocycles. The standard InChI is InChI=1S/C50H58N4O5Si/c1-50(2)58-47-45(30-37-16-9-6-10-17-37)52(33-40-22-15-23-43(29-40)57-35-39-20-13-8-14-21-39)49(55)53(46(48(47)59-50)31-38-18-11-7-12-19-38)34-41-24-25-44-42(28-41)32-51-54(44)36-56-26-27-60(3,4)5/h6-25,28-29,32,45-48H,26-27,30-31,33-36H2,1-5H3/t45-,46-,47+,48+/m1/s1. The summed E-state index contributed by atoms with van der Waals surface area (Å²) in [6.07, 6.45) is 2.31. The predicted octanol–water partition coefficient (Wildman–Crippen LogP) is 10.1. The molecule has 10 heteroatoms. The number of rotatable bonds is 16. The fraction of sp³-hybridized carbons (Fsp3) is 0.360. The van der Waals surface area contributed by atoms with Crippen LogP contribution in [0.15, 0.2) is 140 Å². The van der Waals surface area contributed by atoms with Crippen molar-refractivity contribution >= 4 is 25.0 Å². The summed E-state index contributed by atoms with van der Waals surface area (Å²) in [5.74, 6) is -0.0981. The topological polar surface area (TPSA) is 78.3 Å². The smallest absolute Gasteiger partial charge is 0.321 e. The monoisotopic (exact) mass is 822 g/mol. The number of amides is 2. The van der Waals surface area contributed by atoms with Crippen LogP contribution < -0.4 is 4.74 Å². The summed E-state index contributed by atoms with van der Waals surface area (Å²) in [6.45, 7) is 13.4. The molecule has 2 aliphatic rings. The van der Waals surface area contributed by atoms with E-state index < -0.39 is 26.1 Å². The van der Waals surface area contributed by atoms with E-state index >= 15 is 4.79 Å². The highest BCUT2D eigenvalue weighted by molar-refractivity contribution is 6.76. The van der Waals surface area contributed by atoms with Crippen molar-refractivity contribution < 1.29 is 23.7 Å². The fourth-order valence-corrected chi connectivity index (χ4v) is 9.24. The largest absolute Gasteiger partial charge is 0.489 e. The van der Waals surface area contributed by atoms with Crippen LogP contribution in [0.5, 0.6) is 5.75 Å². The molecule has 6 aromatic rings. The van der Waals surface area contributed by atoms with Gasteiger partial charge in [-0.1, -0.05) is 129 Å². The molecule has 1 aromatic heterocycles. The van der Waals surface area contributed by atoms with Crippen molar-refractivity contribution in [2.75, 3.05) is 6.61 Å². The molecule has 2 aliphatic heterocycles. The zero-order chi connectivity index (χ0) is 41.7. The van der Waals surface area contributed by atoms with Gasteiger partial charge in [0.1, 0.15) is 31.3 Å². The maximum atomic E-state index is 15.7. The Morgan fingerprint density at radius 1 is 0.667 bits per heavy atom. The number of carbonyl (C=O) groups is 1. The molecular weight excluding hydrogens is 765 g/mol. The second-order valence-electron chi connectivity index (χ2n) is 17.9. The van der Waals surface area contributed by atoms with Gasteiger partial charge in [0.15, 0.2) is 5.79 Å². The number of hydrogen-bond acceptors (Lipinski definition) is 6. The molecule has 2 amide bonds. The van der Waals surface area contributed by atoms with Crippen molar-refractivity contribution in [2.45, 2.75) is 109 Å². The van der Waals surface area contributed by atoms with Crippen molar-refractivity contribution in [1.29, 1.82) is 0 Å². The van der Waals surface area contributed by atoms with E-state index in [0.29, 0.717) is 39.3 Å². The van der Waals surface area contributed by atoms with Crippen molar-refractivity contribution in [1.82, 2.24) is 19.6 Å². The molecule has 0 radical (unpaired) electrons. The van der Waals surface area contributed by atoms with Crippen molar-refractivity contribution in [2.24, 2.45) is 0 Å². The summed E-state index contributed by atoms with van der Waals surface area (Å²) in [6, 6.07) is 45.9. The number of urea groups is 1. The van der Waals surface area contributed by atoms with Gasteiger partial charge in [0, 0.05) is 33.2 Å². The average molecular weight is 823 g/mol. The van der Waals surface area contributed by atoms with Crippen LogP contribution in [0.25, 0.3) is 10.9 Å². The summed E-state index contributed by atoms with van der Waals surface area (Å²) in [7, 11) is -1.20. The van der Waals surface area contributed by atoms with E-state index in [4.69, 9.17) is 24.0 Å². The molecule has 0 bridgehead atoms. The van der Waals surface area contributed by atoms with Crippen LogP contribution in [0.1, 0.15) is 41.7 Å². The lowest BCUT2D eigenvalue weighted by Gasteiger charge is -2.37. The number of aromatic nitrogens is 2. The predicted molar refractivity (Wildman–Crippen MR) is 239 cm³/mol. The molecular formula is C50H58N4O5Si. The maximum absolute atomic E-state index is 15.7. The summed E-state index contributed by atoms with van der Waals surface area (Å²) in [4.78, 5) is 19.8. The van der Waals surface area contributed by atoms with Crippen LogP contribution in [0.3, 0.4) is 0 Å². The number of benzene rings is 5. The molecule has 0 saturated carbocycles. The molecule has 2 fully saturated rings. The van der Waals surface area contributed by atoms with Gasteiger partial charge in [0.05, 0.1) is 23.8 Å². The van der Waals surface area contributed by atoms with Gasteiger partial charge in [0.2, 0.25) is 0 Å². The van der Waals surface area contributed by atoms with Crippen molar-refractivity contribution in [3.63, 3.8) is 0 Å². The zero-order valence-corrected chi connectivity index (χ0v) is 36.6. The van der Waals surface area contributed by atoms with Gasteiger partial charge in [0.25, 0.3) is 0 Å². The van der Waals surface area contributed by atoms with E-state index in [1.807, 2.05) is 77.0 Å². The Morgan fingerprint density at radius 3 is 1.80 bits per heavy atom. The molecule has 3 heterocycles. The molecule has 312 valence electrons. The minimum absolute atomic E-state index is 0.0570. The van der Waals surface area contributed by atoms with Crippen LogP contribution in [0.4, 0.5) is 4.79 Å². The highest BCUT2D eigenvalue weighted by atomic mass is 28.3. The van der Waals surface area contributed by atoms with E-state index in [1.165, 1.54) is 0 Å². The van der Waals surface area contributed by atoms with Crippen LogP contribution in [0.2, 0.25) is 25.7 Å². The third kappa shape index (κ3) is 10.2. The Balaban J connectivity index is 1.16. The first-order valence-electron chi connectivity index (χ1n) is 21.3. The molecule has 9 nitrogen and oxygen atoms in total. The van der Waals surface area contributed by atoms with Crippen molar-refractivity contribution in [3.05, 3.63) is 167 Å². The van der Waals surface area contributed by atoms with Crippen molar-refractivity contribution in [3.8, 4) is 5.75 Å². The van der Waals surface area contributed by atoms with Gasteiger partial charge in [-0.05, 0) is 84.8 Å². The third-order valence-electron chi connectivity index (χ3n) is 11.6. The zero-order valence-electron chi connectivity index (χ0n) is 35.6. The van der Waals surface area contributed by atoms with E-state index in [1.54, 1.807) is 0 Å². The minimum atomic E-state index is -1.20. The van der Waals surface area contributed by atoms with Gasteiger partial charge >= 0.3 is 6.03 Å². The van der Waals surface area contributed by atoms with Gasteiger partial charge in [-0.2, -0.15) is 5.10 Å². The van der Waals surface area contributed by atoms with Crippen LogP contribution in [-0.2, 0) is 53.5 Å². The van der Waals surface area contributed by atoms with E-state index in [2.05, 4.69) is 111 Å². The first-order valence-corrected chi connectivity index (χ1v) is 25.0. The molecule has 0 unspecified atom stereocenters. The summed E-state index contributed by atoms with van der Waals surface area (Å²) in [5, 5.41) is 5.70. The molecule has 5 aromatic carbocycles. The molecule has 60 heavy (non-hydrogen) atoms. The lowest BCUT2D eigenvalue weighted by molar-refractivity contribution is -0.157. The fourth-order valence-electron chi connectivity index (χ4n) is 8.48. The first-order chi connectivity index (χ1) is 29.0. The summed E-state index contributed by atoms with van der Waals surface area (Å²) >= 11 is 0. The van der Waals surface area contributed by atoms with E-state index in [-0.39, 0.29) is 18.1 Å². The quantitative estimate of drug-likeness (QED) is 0.0715. The Labute approximate surface area is 355 Å². The van der Waals surface area contributed by atoms with E-state index in [0.717, 1.165) is 57.1 Å². The Morgan fingerprint density at radius 2 is 1.22 bits per heavy atom. The number of ether oxygens (including phenoxy) is 4. The second-order valence-corrected chi connectivity index (χ2v) is 23.5. The van der Waals surface area contributed by atoms with Gasteiger partial charge in [-0.15, -0.1) is 0 Å². The SMILES string of the molecule is CC1(C)O[C@@H]2[C@@H](O1)[C@@H](Cc1ccccc1)N(Cc1ccc3c(cnn3COCC[Si](C)(C)C)c1)C(=O)N(Cc1cccc(OCc3ccccc3)c1)[C@@H]2Cc1ccccc1. The minimum Gasteiger partial charge on any atom is -0.489 e. The maximum Gasteiger partial charge on any atom is 0.321 e. The number of fused-ring (bicyclic) bond motifs is 2. The Bertz CT molecular complexity index is 2330. The number of carbonyl (C=O) groups excluding carboxylic acids is 1. The average Bonchev–Trinajstić information content (AvgIpc) is 3.79. The lowest BCUT2D eigenvalue weighted by Crippen LogP contribution is -2.51. The van der Waals surface area contributed by atoms with E-state index in [9.17, 15) is 0 Å². The van der Waals surface area contributed by atoms with Gasteiger partial charge < -0.3 is 28.7 Å². The Kier molecular flexibility index (Phi) is 12.5. The third-order valence-corrected chi connectivity index (χ3v) is 13.3. The molecule has 2 saturated heterocycles. The van der Waals surface area contributed by atoms with Crippen LogP contribution >= 0.6 is 0 Å². The highest BCUT2D eigenvalue weighted by Crippen LogP contribution is 2.41. The highest BCUT2D eigenvalue weighted by Gasteiger charge is 2.55. The second kappa shape index (κ2) is 18.2. The van der Waals surface area contributed by atoms with Gasteiger partial charge in [-0.3, -0.25) is 0 Å².